The normalized spacial score (nSPS) is 12.4. The third-order valence-corrected chi connectivity index (χ3v) is 4.84. The van der Waals surface area contributed by atoms with E-state index in [-0.39, 0.29) is 11.9 Å². The minimum atomic E-state index is -0.0269. The molecule has 0 heterocycles. The minimum Gasteiger partial charge on any atom is -0.352 e. The zero-order valence-electron chi connectivity index (χ0n) is 17.4. The van der Waals surface area contributed by atoms with Crippen molar-refractivity contribution in [2.45, 2.75) is 52.7 Å². The molecule has 2 aromatic carbocycles. The Kier molecular flexibility index (Phi) is 8.53. The van der Waals surface area contributed by atoms with Crippen LogP contribution in [0.4, 0.5) is 0 Å². The van der Waals surface area contributed by atoms with Crippen molar-refractivity contribution < 1.29 is 4.79 Å². The van der Waals surface area contributed by atoms with E-state index >= 15 is 0 Å². The van der Waals surface area contributed by atoms with Crippen LogP contribution in [0.5, 0.6) is 0 Å². The number of carbonyl (C=O) groups is 1. The highest BCUT2D eigenvalue weighted by molar-refractivity contribution is 5.94. The summed E-state index contributed by atoms with van der Waals surface area (Å²) < 4.78 is 0. The SMILES string of the molecule is CCc1ccccc1CNC(=NC)NCc1ccc(C(=O)NC(C)CC)cc1. The maximum Gasteiger partial charge on any atom is 0.251 e. The molecule has 5 heteroatoms. The van der Waals surface area contributed by atoms with Crippen molar-refractivity contribution in [3.63, 3.8) is 0 Å². The van der Waals surface area contributed by atoms with Gasteiger partial charge in [0.1, 0.15) is 0 Å². The summed E-state index contributed by atoms with van der Waals surface area (Å²) in [5.74, 6) is 0.727. The zero-order chi connectivity index (χ0) is 20.4. The standard InChI is InChI=1S/C23H32N4O/c1-5-17(3)27-22(28)20-13-11-18(12-14-20)15-25-23(24-4)26-16-21-10-8-7-9-19(21)6-2/h7-14,17H,5-6,15-16H2,1-4H3,(H,27,28)(H2,24,25,26). The Balaban J connectivity index is 1.87. The van der Waals surface area contributed by atoms with Gasteiger partial charge >= 0.3 is 0 Å². The largest absolute Gasteiger partial charge is 0.352 e. The Hall–Kier alpha value is -2.82. The summed E-state index contributed by atoms with van der Waals surface area (Å²) in [5, 5.41) is 9.67. The molecule has 0 aliphatic carbocycles. The van der Waals surface area contributed by atoms with E-state index in [2.05, 4.69) is 59.1 Å². The van der Waals surface area contributed by atoms with E-state index in [0.717, 1.165) is 30.9 Å². The van der Waals surface area contributed by atoms with E-state index in [4.69, 9.17) is 0 Å². The quantitative estimate of drug-likeness (QED) is 0.484. The lowest BCUT2D eigenvalue weighted by molar-refractivity contribution is 0.0939. The summed E-state index contributed by atoms with van der Waals surface area (Å²) >= 11 is 0. The van der Waals surface area contributed by atoms with Gasteiger partial charge in [0.05, 0.1) is 0 Å². The third kappa shape index (κ3) is 6.41. The minimum absolute atomic E-state index is 0.0269. The highest BCUT2D eigenvalue weighted by Crippen LogP contribution is 2.09. The lowest BCUT2D eigenvalue weighted by Crippen LogP contribution is -2.36. The van der Waals surface area contributed by atoms with Crippen LogP contribution in [0.25, 0.3) is 0 Å². The molecule has 28 heavy (non-hydrogen) atoms. The number of aryl methyl sites for hydroxylation is 1. The number of aliphatic imine (C=N–C) groups is 1. The number of nitrogens with one attached hydrogen (secondary N) is 3. The summed E-state index contributed by atoms with van der Waals surface area (Å²) in [4.78, 5) is 16.4. The van der Waals surface area contributed by atoms with E-state index in [1.807, 2.05) is 31.2 Å². The Morgan fingerprint density at radius 1 is 0.964 bits per heavy atom. The lowest BCUT2D eigenvalue weighted by Gasteiger charge is -2.14. The van der Waals surface area contributed by atoms with Crippen LogP contribution in [0.2, 0.25) is 0 Å². The van der Waals surface area contributed by atoms with Gasteiger partial charge in [0.2, 0.25) is 0 Å². The first-order chi connectivity index (χ1) is 13.6. The summed E-state index contributed by atoms with van der Waals surface area (Å²) in [6, 6.07) is 16.3. The van der Waals surface area contributed by atoms with E-state index < -0.39 is 0 Å². The lowest BCUT2D eigenvalue weighted by atomic mass is 10.1. The molecule has 0 saturated heterocycles. The summed E-state index contributed by atoms with van der Waals surface area (Å²) in [7, 11) is 1.77. The average Bonchev–Trinajstić information content (AvgIpc) is 2.74. The molecule has 150 valence electrons. The van der Waals surface area contributed by atoms with Crippen molar-refractivity contribution in [3.8, 4) is 0 Å². The molecule has 0 bridgehead atoms. The summed E-state index contributed by atoms with van der Waals surface area (Å²) in [6.07, 6.45) is 1.93. The van der Waals surface area contributed by atoms with Crippen molar-refractivity contribution in [2.24, 2.45) is 4.99 Å². The Bertz CT molecular complexity index is 783. The van der Waals surface area contributed by atoms with Crippen molar-refractivity contribution in [3.05, 3.63) is 70.8 Å². The number of rotatable bonds is 8. The molecule has 2 aromatic rings. The molecule has 1 amide bonds. The van der Waals surface area contributed by atoms with Gasteiger partial charge in [-0.25, -0.2) is 0 Å². The molecule has 0 aromatic heterocycles. The fraction of sp³-hybridized carbons (Fsp3) is 0.391. The van der Waals surface area contributed by atoms with Crippen LogP contribution in [0.3, 0.4) is 0 Å². The second-order valence-electron chi connectivity index (χ2n) is 6.88. The number of carbonyl (C=O) groups excluding carboxylic acids is 1. The molecule has 0 saturated carbocycles. The molecule has 3 N–H and O–H groups in total. The van der Waals surface area contributed by atoms with Crippen molar-refractivity contribution in [1.82, 2.24) is 16.0 Å². The summed E-state index contributed by atoms with van der Waals surface area (Å²) in [6.45, 7) is 7.61. The van der Waals surface area contributed by atoms with Crippen molar-refractivity contribution in [2.75, 3.05) is 7.05 Å². The van der Waals surface area contributed by atoms with Crippen LogP contribution in [0, 0.1) is 0 Å². The smallest absolute Gasteiger partial charge is 0.251 e. The fourth-order valence-corrected chi connectivity index (χ4v) is 2.84. The van der Waals surface area contributed by atoms with E-state index in [1.54, 1.807) is 7.05 Å². The van der Waals surface area contributed by atoms with Crippen LogP contribution in [-0.2, 0) is 19.5 Å². The first-order valence-electron chi connectivity index (χ1n) is 9.98. The second kappa shape index (κ2) is 11.1. The van der Waals surface area contributed by atoms with E-state index in [1.165, 1.54) is 11.1 Å². The Morgan fingerprint density at radius 2 is 1.61 bits per heavy atom. The topological polar surface area (TPSA) is 65.5 Å². The predicted molar refractivity (Wildman–Crippen MR) is 117 cm³/mol. The predicted octanol–water partition coefficient (Wildman–Crippen LogP) is 3.64. The number of guanidine groups is 1. The number of benzene rings is 2. The van der Waals surface area contributed by atoms with Gasteiger partial charge in [-0.15, -0.1) is 0 Å². The molecule has 5 nitrogen and oxygen atoms in total. The molecule has 1 unspecified atom stereocenters. The highest BCUT2D eigenvalue weighted by atomic mass is 16.1. The maximum atomic E-state index is 12.2. The highest BCUT2D eigenvalue weighted by Gasteiger charge is 2.08. The van der Waals surface area contributed by atoms with Gasteiger partial charge in [-0.2, -0.15) is 0 Å². The first kappa shape index (κ1) is 21.5. The number of hydrogen-bond acceptors (Lipinski definition) is 2. The Morgan fingerprint density at radius 3 is 2.21 bits per heavy atom. The van der Waals surface area contributed by atoms with Gasteiger partial charge in [0.25, 0.3) is 5.91 Å². The number of nitrogens with zero attached hydrogens (tertiary/aromatic N) is 1. The van der Waals surface area contributed by atoms with Crippen LogP contribution in [0.1, 0.15) is 54.2 Å². The zero-order valence-corrected chi connectivity index (χ0v) is 17.4. The molecule has 0 aliphatic heterocycles. The number of hydrogen-bond donors (Lipinski definition) is 3. The molecule has 0 aliphatic rings. The molecule has 0 spiro atoms. The van der Waals surface area contributed by atoms with Crippen LogP contribution in [0.15, 0.2) is 53.5 Å². The molecular weight excluding hydrogens is 348 g/mol. The number of amides is 1. The van der Waals surface area contributed by atoms with Gasteiger partial charge in [-0.1, -0.05) is 50.2 Å². The van der Waals surface area contributed by atoms with Gasteiger partial charge in [-0.3, -0.25) is 9.79 Å². The second-order valence-corrected chi connectivity index (χ2v) is 6.88. The average molecular weight is 381 g/mol. The van der Waals surface area contributed by atoms with Gasteiger partial charge in [-0.05, 0) is 48.6 Å². The third-order valence-electron chi connectivity index (χ3n) is 4.84. The van der Waals surface area contributed by atoms with Gasteiger partial charge in [0, 0.05) is 31.7 Å². The first-order valence-corrected chi connectivity index (χ1v) is 9.98. The van der Waals surface area contributed by atoms with Gasteiger partial charge in [0.15, 0.2) is 5.96 Å². The molecule has 0 radical (unpaired) electrons. The Labute approximate surface area is 168 Å². The maximum absolute atomic E-state index is 12.2. The van der Waals surface area contributed by atoms with Crippen LogP contribution >= 0.6 is 0 Å². The van der Waals surface area contributed by atoms with Crippen LogP contribution < -0.4 is 16.0 Å². The molecule has 0 fully saturated rings. The van der Waals surface area contributed by atoms with Gasteiger partial charge < -0.3 is 16.0 Å². The van der Waals surface area contributed by atoms with E-state index in [0.29, 0.717) is 12.1 Å². The molecule has 2 rings (SSSR count). The monoisotopic (exact) mass is 380 g/mol. The van der Waals surface area contributed by atoms with Crippen molar-refractivity contribution in [1.29, 1.82) is 0 Å². The summed E-state index contributed by atoms with van der Waals surface area (Å²) in [5.41, 5.74) is 4.40. The molecular formula is C23H32N4O. The van der Waals surface area contributed by atoms with Crippen molar-refractivity contribution >= 4 is 11.9 Å². The fourth-order valence-electron chi connectivity index (χ4n) is 2.84. The van der Waals surface area contributed by atoms with E-state index in [9.17, 15) is 4.79 Å². The van der Waals surface area contributed by atoms with Crippen LogP contribution in [-0.4, -0.2) is 25.0 Å². The molecule has 1 atom stereocenters.